The molecule has 26 heavy (non-hydrogen) atoms. The van der Waals surface area contributed by atoms with E-state index >= 15 is 0 Å². The SMILES string of the molecule is CCOc1ccc(C(=O)NCCN2CCO[C@@H](c3ccccc3)C2)cc1. The molecular weight excluding hydrogens is 328 g/mol. The highest BCUT2D eigenvalue weighted by molar-refractivity contribution is 5.94. The molecule has 0 aliphatic carbocycles. The van der Waals surface area contributed by atoms with Gasteiger partial charge in [-0.3, -0.25) is 9.69 Å². The molecule has 138 valence electrons. The summed E-state index contributed by atoms with van der Waals surface area (Å²) in [6.45, 7) is 6.45. The van der Waals surface area contributed by atoms with Gasteiger partial charge in [0.05, 0.1) is 19.3 Å². The standard InChI is InChI=1S/C21H26N2O3/c1-2-25-19-10-8-18(9-11-19)21(24)22-12-13-23-14-15-26-20(16-23)17-6-4-3-5-7-17/h3-11,20H,2,12-16H2,1H3,(H,22,24)/t20-/m1/s1. The molecule has 1 amide bonds. The number of hydrogen-bond acceptors (Lipinski definition) is 4. The largest absolute Gasteiger partial charge is 0.494 e. The fourth-order valence-electron chi connectivity index (χ4n) is 3.07. The van der Waals surface area contributed by atoms with Crippen molar-refractivity contribution in [2.45, 2.75) is 13.0 Å². The zero-order valence-electron chi connectivity index (χ0n) is 15.2. The van der Waals surface area contributed by atoms with Crippen molar-refractivity contribution in [3.8, 4) is 5.75 Å². The fourth-order valence-corrected chi connectivity index (χ4v) is 3.07. The number of carbonyl (C=O) groups is 1. The molecule has 2 aromatic rings. The Bertz CT molecular complexity index is 688. The predicted octanol–water partition coefficient (Wildman–Crippen LogP) is 2.89. The second-order valence-corrected chi connectivity index (χ2v) is 6.28. The maximum absolute atomic E-state index is 12.2. The fraction of sp³-hybridized carbons (Fsp3) is 0.381. The van der Waals surface area contributed by atoms with Gasteiger partial charge >= 0.3 is 0 Å². The van der Waals surface area contributed by atoms with Crippen LogP contribution < -0.4 is 10.1 Å². The molecule has 0 unspecified atom stereocenters. The first-order chi connectivity index (χ1) is 12.8. The topological polar surface area (TPSA) is 50.8 Å². The molecule has 5 heteroatoms. The number of morpholine rings is 1. The van der Waals surface area contributed by atoms with Gasteiger partial charge in [0.25, 0.3) is 5.91 Å². The van der Waals surface area contributed by atoms with Crippen LogP contribution in [-0.4, -0.2) is 50.2 Å². The van der Waals surface area contributed by atoms with Crippen molar-refractivity contribution in [2.75, 3.05) is 39.4 Å². The van der Waals surface area contributed by atoms with Crippen LogP contribution in [0.5, 0.6) is 5.75 Å². The zero-order chi connectivity index (χ0) is 18.2. The smallest absolute Gasteiger partial charge is 0.251 e. The first-order valence-corrected chi connectivity index (χ1v) is 9.16. The van der Waals surface area contributed by atoms with Crippen LogP contribution in [0.25, 0.3) is 0 Å². The van der Waals surface area contributed by atoms with Crippen molar-refractivity contribution in [2.24, 2.45) is 0 Å². The predicted molar refractivity (Wildman–Crippen MR) is 102 cm³/mol. The lowest BCUT2D eigenvalue weighted by Gasteiger charge is -2.33. The summed E-state index contributed by atoms with van der Waals surface area (Å²) in [6.07, 6.45) is 0.103. The number of benzene rings is 2. The van der Waals surface area contributed by atoms with Crippen LogP contribution >= 0.6 is 0 Å². The lowest BCUT2D eigenvalue weighted by molar-refractivity contribution is -0.0293. The highest BCUT2D eigenvalue weighted by Gasteiger charge is 2.21. The van der Waals surface area contributed by atoms with E-state index in [9.17, 15) is 4.79 Å². The number of carbonyl (C=O) groups excluding carboxylic acids is 1. The Morgan fingerprint density at radius 1 is 1.19 bits per heavy atom. The van der Waals surface area contributed by atoms with E-state index in [-0.39, 0.29) is 12.0 Å². The molecule has 0 radical (unpaired) electrons. The average Bonchev–Trinajstić information content (AvgIpc) is 2.70. The summed E-state index contributed by atoms with van der Waals surface area (Å²) in [5.74, 6) is 0.727. The van der Waals surface area contributed by atoms with Crippen LogP contribution in [0.3, 0.4) is 0 Å². The van der Waals surface area contributed by atoms with Gasteiger partial charge in [-0.25, -0.2) is 0 Å². The number of hydrogen-bond donors (Lipinski definition) is 1. The number of amides is 1. The van der Waals surface area contributed by atoms with E-state index in [1.165, 1.54) is 5.56 Å². The van der Waals surface area contributed by atoms with Crippen molar-refractivity contribution in [1.29, 1.82) is 0 Å². The Morgan fingerprint density at radius 3 is 2.69 bits per heavy atom. The summed E-state index contributed by atoms with van der Waals surface area (Å²) in [6, 6.07) is 17.5. The molecule has 0 bridgehead atoms. The molecule has 1 aliphatic rings. The van der Waals surface area contributed by atoms with Crippen LogP contribution in [-0.2, 0) is 4.74 Å². The van der Waals surface area contributed by atoms with E-state index in [0.717, 1.165) is 25.4 Å². The molecule has 0 saturated carbocycles. The van der Waals surface area contributed by atoms with Gasteiger partial charge in [-0.1, -0.05) is 30.3 Å². The van der Waals surface area contributed by atoms with Crippen LogP contribution in [0.2, 0.25) is 0 Å². The minimum atomic E-state index is -0.0547. The second kappa shape index (κ2) is 9.36. The molecule has 1 aliphatic heterocycles. The first kappa shape index (κ1) is 18.4. The number of nitrogens with one attached hydrogen (secondary N) is 1. The summed E-state index contributed by atoms with van der Waals surface area (Å²) >= 11 is 0. The summed E-state index contributed by atoms with van der Waals surface area (Å²) < 4.78 is 11.3. The quantitative estimate of drug-likeness (QED) is 0.831. The lowest BCUT2D eigenvalue weighted by atomic mass is 10.1. The van der Waals surface area contributed by atoms with E-state index in [1.54, 1.807) is 12.1 Å². The number of ether oxygens (including phenoxy) is 2. The van der Waals surface area contributed by atoms with Gasteiger partial charge in [0.1, 0.15) is 5.75 Å². The molecule has 2 aromatic carbocycles. The first-order valence-electron chi connectivity index (χ1n) is 9.16. The van der Waals surface area contributed by atoms with Gasteiger partial charge in [-0.15, -0.1) is 0 Å². The lowest BCUT2D eigenvalue weighted by Crippen LogP contribution is -2.42. The third-order valence-corrected chi connectivity index (χ3v) is 4.46. The van der Waals surface area contributed by atoms with Gasteiger partial charge < -0.3 is 14.8 Å². The highest BCUT2D eigenvalue weighted by atomic mass is 16.5. The normalized spacial score (nSPS) is 17.7. The minimum absolute atomic E-state index is 0.0547. The Labute approximate surface area is 154 Å². The number of nitrogens with zero attached hydrogens (tertiary/aromatic N) is 1. The van der Waals surface area contributed by atoms with E-state index in [4.69, 9.17) is 9.47 Å². The van der Waals surface area contributed by atoms with Gasteiger partial charge in [0, 0.05) is 31.7 Å². The van der Waals surface area contributed by atoms with E-state index in [0.29, 0.717) is 25.3 Å². The van der Waals surface area contributed by atoms with Crippen molar-refractivity contribution in [3.63, 3.8) is 0 Å². The summed E-state index contributed by atoms with van der Waals surface area (Å²) in [5, 5.41) is 2.99. The van der Waals surface area contributed by atoms with E-state index < -0.39 is 0 Å². The highest BCUT2D eigenvalue weighted by Crippen LogP contribution is 2.21. The molecule has 0 aromatic heterocycles. The Balaban J connectivity index is 1.44. The minimum Gasteiger partial charge on any atom is -0.494 e. The Kier molecular flexibility index (Phi) is 6.63. The molecule has 1 N–H and O–H groups in total. The van der Waals surface area contributed by atoms with Crippen molar-refractivity contribution >= 4 is 5.91 Å². The van der Waals surface area contributed by atoms with Crippen LogP contribution in [0.15, 0.2) is 54.6 Å². The third kappa shape index (κ3) is 5.07. The summed E-state index contributed by atoms with van der Waals surface area (Å²) in [5.41, 5.74) is 1.85. The molecule has 1 saturated heterocycles. The average molecular weight is 354 g/mol. The summed E-state index contributed by atoms with van der Waals surface area (Å²) in [4.78, 5) is 14.6. The Hall–Kier alpha value is -2.37. The van der Waals surface area contributed by atoms with Crippen LogP contribution in [0, 0.1) is 0 Å². The van der Waals surface area contributed by atoms with Crippen molar-refractivity contribution in [3.05, 3.63) is 65.7 Å². The van der Waals surface area contributed by atoms with Gasteiger partial charge in [-0.05, 0) is 36.8 Å². The molecule has 3 rings (SSSR count). The monoisotopic (exact) mass is 354 g/mol. The van der Waals surface area contributed by atoms with Crippen molar-refractivity contribution < 1.29 is 14.3 Å². The Morgan fingerprint density at radius 2 is 1.96 bits per heavy atom. The van der Waals surface area contributed by atoms with Gasteiger partial charge in [0.2, 0.25) is 0 Å². The molecule has 0 spiro atoms. The third-order valence-electron chi connectivity index (χ3n) is 4.46. The maximum atomic E-state index is 12.2. The molecule has 5 nitrogen and oxygen atoms in total. The number of rotatable bonds is 7. The van der Waals surface area contributed by atoms with Gasteiger partial charge in [-0.2, -0.15) is 0 Å². The molecule has 1 atom stereocenters. The molecule has 1 heterocycles. The van der Waals surface area contributed by atoms with Crippen molar-refractivity contribution in [1.82, 2.24) is 10.2 Å². The molecule has 1 fully saturated rings. The van der Waals surface area contributed by atoms with E-state index in [2.05, 4.69) is 22.3 Å². The second-order valence-electron chi connectivity index (χ2n) is 6.28. The van der Waals surface area contributed by atoms with Crippen LogP contribution in [0.4, 0.5) is 0 Å². The summed E-state index contributed by atoms with van der Waals surface area (Å²) in [7, 11) is 0. The van der Waals surface area contributed by atoms with Crippen LogP contribution in [0.1, 0.15) is 28.9 Å². The molecular formula is C21H26N2O3. The van der Waals surface area contributed by atoms with E-state index in [1.807, 2.05) is 37.3 Å². The maximum Gasteiger partial charge on any atom is 0.251 e. The van der Waals surface area contributed by atoms with Gasteiger partial charge in [0.15, 0.2) is 0 Å². The zero-order valence-corrected chi connectivity index (χ0v) is 15.2.